The molecule has 2 rings (SSSR count). The Morgan fingerprint density at radius 1 is 1.35 bits per heavy atom. The van der Waals surface area contributed by atoms with E-state index in [0.29, 0.717) is 25.3 Å². The zero-order valence-electron chi connectivity index (χ0n) is 11.5. The first-order chi connectivity index (χ1) is 9.55. The van der Waals surface area contributed by atoms with E-state index in [2.05, 4.69) is 5.32 Å². The van der Waals surface area contributed by atoms with Gasteiger partial charge >= 0.3 is 10.2 Å². The predicted molar refractivity (Wildman–Crippen MR) is 77.4 cm³/mol. The van der Waals surface area contributed by atoms with Crippen LogP contribution < -0.4 is 9.62 Å². The van der Waals surface area contributed by atoms with E-state index in [9.17, 15) is 12.8 Å². The maximum Gasteiger partial charge on any atom is 0.304 e. The molecule has 1 aliphatic heterocycles. The number of nitrogens with zero attached hydrogens (tertiary/aromatic N) is 2. The van der Waals surface area contributed by atoms with Crippen molar-refractivity contribution in [3.63, 3.8) is 0 Å². The Kier molecular flexibility index (Phi) is 4.95. The molecule has 5 nitrogen and oxygen atoms in total. The van der Waals surface area contributed by atoms with Crippen molar-refractivity contribution < 1.29 is 12.8 Å². The summed E-state index contributed by atoms with van der Waals surface area (Å²) in [7, 11) is -3.61. The fourth-order valence-electron chi connectivity index (χ4n) is 2.30. The Hall–Kier alpha value is -1.18. The van der Waals surface area contributed by atoms with Crippen molar-refractivity contribution in [3.8, 4) is 0 Å². The van der Waals surface area contributed by atoms with Crippen LogP contribution in [0.3, 0.4) is 0 Å². The standard InChI is InChI=1S/C13H20FN3O2S/c1-2-17(13-6-3-5-12(14)11-13)20(18,19)16-9-4-7-15-8-10-16/h3,5-6,11,15H,2,4,7-10H2,1H3. The number of nitrogens with one attached hydrogen (secondary N) is 1. The number of halogens is 1. The first-order valence-corrected chi connectivity index (χ1v) is 8.19. The van der Waals surface area contributed by atoms with Gasteiger partial charge in [-0.15, -0.1) is 0 Å². The molecule has 20 heavy (non-hydrogen) atoms. The van der Waals surface area contributed by atoms with Crippen LogP contribution in [0.15, 0.2) is 24.3 Å². The van der Waals surface area contributed by atoms with Crippen LogP contribution in [0.5, 0.6) is 0 Å². The van der Waals surface area contributed by atoms with Gasteiger partial charge in [0.1, 0.15) is 5.82 Å². The molecule has 0 spiro atoms. The third-order valence-corrected chi connectivity index (χ3v) is 5.33. The molecule has 112 valence electrons. The highest BCUT2D eigenvalue weighted by molar-refractivity contribution is 7.90. The minimum atomic E-state index is -3.61. The average Bonchev–Trinajstić information content (AvgIpc) is 2.68. The molecule has 1 fully saturated rings. The van der Waals surface area contributed by atoms with E-state index < -0.39 is 16.0 Å². The molecule has 0 unspecified atom stereocenters. The monoisotopic (exact) mass is 301 g/mol. The molecule has 1 N–H and O–H groups in total. The van der Waals surface area contributed by atoms with Crippen molar-refractivity contribution in [2.24, 2.45) is 0 Å². The minimum Gasteiger partial charge on any atom is -0.315 e. The molecule has 0 atom stereocenters. The Labute approximate surface area is 119 Å². The van der Waals surface area contributed by atoms with Gasteiger partial charge in [0.25, 0.3) is 0 Å². The lowest BCUT2D eigenvalue weighted by Gasteiger charge is -2.29. The summed E-state index contributed by atoms with van der Waals surface area (Å²) in [5.74, 6) is -0.436. The maximum atomic E-state index is 13.3. The molecule has 0 saturated carbocycles. The third-order valence-electron chi connectivity index (χ3n) is 3.29. The van der Waals surface area contributed by atoms with E-state index in [0.717, 1.165) is 13.0 Å². The van der Waals surface area contributed by atoms with E-state index in [1.807, 2.05) is 0 Å². The highest BCUT2D eigenvalue weighted by atomic mass is 32.2. The van der Waals surface area contributed by atoms with Gasteiger partial charge in [0.2, 0.25) is 0 Å². The third kappa shape index (κ3) is 3.28. The molecule has 1 heterocycles. The van der Waals surface area contributed by atoms with Crippen LogP contribution in [0, 0.1) is 5.82 Å². The first kappa shape index (κ1) is 15.2. The fourth-order valence-corrected chi connectivity index (χ4v) is 3.97. The molecule has 0 amide bonds. The van der Waals surface area contributed by atoms with Crippen molar-refractivity contribution in [2.45, 2.75) is 13.3 Å². The van der Waals surface area contributed by atoms with E-state index in [4.69, 9.17) is 0 Å². The van der Waals surface area contributed by atoms with Crippen LogP contribution in [0.2, 0.25) is 0 Å². The average molecular weight is 301 g/mol. The molecule has 0 bridgehead atoms. The predicted octanol–water partition coefficient (Wildman–Crippen LogP) is 1.19. The van der Waals surface area contributed by atoms with E-state index in [1.165, 1.54) is 26.8 Å². The normalized spacial score (nSPS) is 17.7. The van der Waals surface area contributed by atoms with Crippen LogP contribution in [-0.4, -0.2) is 45.4 Å². The van der Waals surface area contributed by atoms with Crippen LogP contribution in [0.1, 0.15) is 13.3 Å². The fraction of sp³-hybridized carbons (Fsp3) is 0.538. The van der Waals surface area contributed by atoms with Gasteiger partial charge in [-0.2, -0.15) is 12.7 Å². The zero-order chi connectivity index (χ0) is 14.6. The van der Waals surface area contributed by atoms with E-state index >= 15 is 0 Å². The highest BCUT2D eigenvalue weighted by Crippen LogP contribution is 2.21. The second-order valence-corrected chi connectivity index (χ2v) is 6.51. The van der Waals surface area contributed by atoms with Gasteiger partial charge in [0.15, 0.2) is 0 Å². The summed E-state index contributed by atoms with van der Waals surface area (Å²) in [5.41, 5.74) is 0.365. The summed E-state index contributed by atoms with van der Waals surface area (Å²) in [6, 6.07) is 5.68. The molecule has 0 radical (unpaired) electrons. The summed E-state index contributed by atoms with van der Waals surface area (Å²) in [5, 5.41) is 3.17. The Morgan fingerprint density at radius 3 is 2.85 bits per heavy atom. The summed E-state index contributed by atoms with van der Waals surface area (Å²) >= 11 is 0. The van der Waals surface area contributed by atoms with Gasteiger partial charge in [-0.05, 0) is 38.1 Å². The smallest absolute Gasteiger partial charge is 0.304 e. The second-order valence-electron chi connectivity index (χ2n) is 4.66. The lowest BCUT2D eigenvalue weighted by Crippen LogP contribution is -2.45. The van der Waals surface area contributed by atoms with Crippen LogP contribution in [-0.2, 0) is 10.2 Å². The van der Waals surface area contributed by atoms with E-state index in [1.54, 1.807) is 13.0 Å². The lowest BCUT2D eigenvalue weighted by molar-refractivity contribution is 0.429. The Bertz CT molecular complexity index is 542. The molecule has 0 aliphatic carbocycles. The Morgan fingerprint density at radius 2 is 2.15 bits per heavy atom. The van der Waals surface area contributed by atoms with Gasteiger partial charge in [0.05, 0.1) is 5.69 Å². The summed E-state index contributed by atoms with van der Waals surface area (Å²) in [6.07, 6.45) is 0.778. The van der Waals surface area contributed by atoms with Crippen molar-refractivity contribution in [2.75, 3.05) is 37.0 Å². The number of hydrogen-bond donors (Lipinski definition) is 1. The molecular weight excluding hydrogens is 281 g/mol. The highest BCUT2D eigenvalue weighted by Gasteiger charge is 2.29. The molecule has 1 aromatic carbocycles. The van der Waals surface area contributed by atoms with Gasteiger partial charge < -0.3 is 5.32 Å². The second kappa shape index (κ2) is 6.51. The van der Waals surface area contributed by atoms with Crippen molar-refractivity contribution in [3.05, 3.63) is 30.1 Å². The van der Waals surface area contributed by atoms with Crippen molar-refractivity contribution in [1.82, 2.24) is 9.62 Å². The minimum absolute atomic E-state index is 0.274. The largest absolute Gasteiger partial charge is 0.315 e. The van der Waals surface area contributed by atoms with Crippen LogP contribution >= 0.6 is 0 Å². The zero-order valence-corrected chi connectivity index (χ0v) is 12.4. The summed E-state index contributed by atoms with van der Waals surface area (Å²) in [4.78, 5) is 0. The van der Waals surface area contributed by atoms with Gasteiger partial charge in [-0.3, -0.25) is 4.31 Å². The molecule has 1 aromatic rings. The summed E-state index contributed by atoms with van der Waals surface area (Å²) < 4.78 is 41.4. The lowest BCUT2D eigenvalue weighted by atomic mass is 10.3. The van der Waals surface area contributed by atoms with Crippen LogP contribution in [0.25, 0.3) is 0 Å². The van der Waals surface area contributed by atoms with Gasteiger partial charge in [-0.1, -0.05) is 6.07 Å². The van der Waals surface area contributed by atoms with Gasteiger partial charge in [0, 0.05) is 26.2 Å². The Balaban J connectivity index is 2.29. The topological polar surface area (TPSA) is 52.7 Å². The van der Waals surface area contributed by atoms with E-state index in [-0.39, 0.29) is 6.54 Å². The quantitative estimate of drug-likeness (QED) is 0.909. The molecule has 1 aliphatic rings. The molecule has 1 saturated heterocycles. The van der Waals surface area contributed by atoms with Crippen LogP contribution in [0.4, 0.5) is 10.1 Å². The molecule has 7 heteroatoms. The first-order valence-electron chi connectivity index (χ1n) is 6.80. The molecular formula is C13H20FN3O2S. The van der Waals surface area contributed by atoms with Gasteiger partial charge in [-0.25, -0.2) is 4.39 Å². The number of hydrogen-bond acceptors (Lipinski definition) is 3. The number of anilines is 1. The maximum absolute atomic E-state index is 13.3. The number of benzene rings is 1. The summed E-state index contributed by atoms with van der Waals surface area (Å²) in [6.45, 7) is 4.40. The van der Waals surface area contributed by atoms with Crippen molar-refractivity contribution >= 4 is 15.9 Å². The number of rotatable bonds is 4. The van der Waals surface area contributed by atoms with Crippen molar-refractivity contribution in [1.29, 1.82) is 0 Å². The molecule has 0 aromatic heterocycles. The SMILES string of the molecule is CCN(c1cccc(F)c1)S(=O)(=O)N1CCCNCC1.